The van der Waals surface area contributed by atoms with E-state index in [-0.39, 0.29) is 11.7 Å². The Kier molecular flexibility index (Phi) is 6.18. The number of nitrogens with one attached hydrogen (secondary N) is 2. The zero-order valence-corrected chi connectivity index (χ0v) is 19.0. The summed E-state index contributed by atoms with van der Waals surface area (Å²) in [6.07, 6.45) is -0.621. The molecule has 12 heteroatoms. The molecule has 0 saturated heterocycles. The van der Waals surface area contributed by atoms with Crippen LogP contribution in [0.5, 0.6) is 0 Å². The van der Waals surface area contributed by atoms with Crippen LogP contribution in [-0.4, -0.2) is 29.1 Å². The number of benzene rings is 1. The lowest BCUT2D eigenvalue weighted by Crippen LogP contribution is -2.10. The highest BCUT2D eigenvalue weighted by atomic mass is 35.5. The highest BCUT2D eigenvalue weighted by Crippen LogP contribution is 2.38. The number of halogens is 1. The van der Waals surface area contributed by atoms with Gasteiger partial charge in [-0.05, 0) is 24.3 Å². The molecule has 4 N–H and O–H groups in total. The van der Waals surface area contributed by atoms with E-state index < -0.39 is 6.09 Å². The van der Waals surface area contributed by atoms with Crippen molar-refractivity contribution in [3.8, 4) is 21.1 Å². The molecule has 31 heavy (non-hydrogen) atoms. The van der Waals surface area contributed by atoms with Crippen molar-refractivity contribution >= 4 is 74.2 Å². The lowest BCUT2D eigenvalue weighted by Gasteiger charge is -2.05. The number of rotatable bonds is 5. The van der Waals surface area contributed by atoms with E-state index in [0.717, 1.165) is 11.3 Å². The van der Waals surface area contributed by atoms with Gasteiger partial charge in [-0.3, -0.25) is 10.1 Å². The van der Waals surface area contributed by atoms with Crippen LogP contribution >= 0.6 is 45.6 Å². The van der Waals surface area contributed by atoms with E-state index in [1.54, 1.807) is 18.2 Å². The fraction of sp³-hybridized carbons (Fsp3) is 0.0526. The van der Waals surface area contributed by atoms with Gasteiger partial charge in [0.05, 0.1) is 22.0 Å². The Bertz CT molecular complexity index is 1270. The number of thiophene rings is 1. The van der Waals surface area contributed by atoms with E-state index in [9.17, 15) is 9.59 Å². The number of anilines is 3. The number of amides is 2. The van der Waals surface area contributed by atoms with E-state index >= 15 is 0 Å². The Morgan fingerprint density at radius 1 is 1.13 bits per heavy atom. The molecule has 0 radical (unpaired) electrons. The molecule has 2 amide bonds. The molecule has 3 aromatic heterocycles. The minimum Gasteiger partial charge on any atom is -0.453 e. The van der Waals surface area contributed by atoms with E-state index in [2.05, 4.69) is 25.3 Å². The van der Waals surface area contributed by atoms with E-state index in [1.165, 1.54) is 41.1 Å². The molecule has 0 bridgehead atoms. The minimum absolute atomic E-state index is 0.226. The first-order valence-corrected chi connectivity index (χ1v) is 11.6. The first kappa shape index (κ1) is 21.2. The molecule has 4 rings (SSSR count). The van der Waals surface area contributed by atoms with E-state index in [4.69, 9.17) is 17.3 Å². The third-order valence-electron chi connectivity index (χ3n) is 3.96. The Balaban J connectivity index is 1.54. The summed E-state index contributed by atoms with van der Waals surface area (Å²) in [7, 11) is 1.27. The number of carbonyl (C=O) groups excluding carboxylic acids is 2. The molecule has 0 aliphatic carbocycles. The molecule has 1 aromatic carbocycles. The monoisotopic (exact) mass is 491 g/mol. The molecule has 0 unspecified atom stereocenters. The van der Waals surface area contributed by atoms with Crippen LogP contribution in [0.4, 0.5) is 21.4 Å². The Morgan fingerprint density at radius 3 is 2.71 bits per heavy atom. The highest BCUT2D eigenvalue weighted by molar-refractivity contribution is 7.23. The number of aromatic nitrogens is 2. The van der Waals surface area contributed by atoms with Crippen molar-refractivity contribution in [2.24, 2.45) is 0 Å². The van der Waals surface area contributed by atoms with Gasteiger partial charge in [0, 0.05) is 16.6 Å². The molecule has 0 saturated carbocycles. The van der Waals surface area contributed by atoms with Crippen LogP contribution in [0.15, 0.2) is 41.8 Å². The molecular formula is C19H14ClN5O3S3. The van der Waals surface area contributed by atoms with Crippen LogP contribution in [-0.2, 0) is 4.74 Å². The Labute approximate surface area is 193 Å². The van der Waals surface area contributed by atoms with Crippen LogP contribution < -0.4 is 16.4 Å². The summed E-state index contributed by atoms with van der Waals surface area (Å²) >= 11 is 9.73. The number of nitrogen functional groups attached to an aromatic ring is 1. The maximum atomic E-state index is 12.4. The SMILES string of the molecule is COC(=O)Nc1nc(N)c(-c2nc(-c3cccc(NC(=O)c4ccc(Cl)s4)c3)cs2)s1. The van der Waals surface area contributed by atoms with Gasteiger partial charge in [-0.1, -0.05) is 35.1 Å². The van der Waals surface area contributed by atoms with Gasteiger partial charge in [-0.2, -0.15) is 0 Å². The summed E-state index contributed by atoms with van der Waals surface area (Å²) < 4.78 is 5.12. The van der Waals surface area contributed by atoms with Gasteiger partial charge in [0.1, 0.15) is 15.7 Å². The summed E-state index contributed by atoms with van der Waals surface area (Å²) in [4.78, 5) is 33.7. The average molecular weight is 492 g/mol. The second kappa shape index (κ2) is 9.02. The molecule has 0 fully saturated rings. The summed E-state index contributed by atoms with van der Waals surface area (Å²) in [5, 5.41) is 8.25. The number of nitrogens with two attached hydrogens (primary N) is 1. The third kappa shape index (κ3) is 4.85. The van der Waals surface area contributed by atoms with Crippen LogP contribution in [0.1, 0.15) is 9.67 Å². The van der Waals surface area contributed by atoms with Gasteiger partial charge in [0.2, 0.25) is 0 Å². The second-order valence-electron chi connectivity index (χ2n) is 6.03. The predicted molar refractivity (Wildman–Crippen MR) is 126 cm³/mol. The second-order valence-corrected chi connectivity index (χ2v) is 9.60. The lowest BCUT2D eigenvalue weighted by molar-refractivity contribution is 0.103. The topological polar surface area (TPSA) is 119 Å². The maximum Gasteiger partial charge on any atom is 0.413 e. The molecule has 8 nitrogen and oxygen atoms in total. The molecule has 4 aromatic rings. The van der Waals surface area contributed by atoms with Gasteiger partial charge in [0.25, 0.3) is 5.91 Å². The number of ether oxygens (including phenoxy) is 1. The first-order chi connectivity index (χ1) is 14.9. The van der Waals surface area contributed by atoms with Crippen molar-refractivity contribution < 1.29 is 14.3 Å². The number of thiazole rings is 2. The van der Waals surface area contributed by atoms with Crippen LogP contribution in [0.25, 0.3) is 21.1 Å². The quantitative estimate of drug-likeness (QED) is 0.331. The summed E-state index contributed by atoms with van der Waals surface area (Å²) in [5.41, 5.74) is 8.20. The lowest BCUT2D eigenvalue weighted by atomic mass is 10.1. The Hall–Kier alpha value is -2.99. The van der Waals surface area contributed by atoms with Crippen molar-refractivity contribution in [2.75, 3.05) is 23.5 Å². The van der Waals surface area contributed by atoms with Crippen molar-refractivity contribution in [1.82, 2.24) is 9.97 Å². The molecule has 0 atom stereocenters. The van der Waals surface area contributed by atoms with Crippen LogP contribution in [0.2, 0.25) is 4.34 Å². The number of methoxy groups -OCH3 is 1. The predicted octanol–water partition coefficient (Wildman–Crippen LogP) is 5.66. The van der Waals surface area contributed by atoms with Gasteiger partial charge >= 0.3 is 6.09 Å². The summed E-state index contributed by atoms with van der Waals surface area (Å²) in [6.45, 7) is 0. The number of nitrogens with zero attached hydrogens (tertiary/aromatic N) is 2. The zero-order valence-electron chi connectivity index (χ0n) is 15.8. The van der Waals surface area contributed by atoms with E-state index in [0.29, 0.717) is 29.9 Å². The van der Waals surface area contributed by atoms with Crippen LogP contribution in [0.3, 0.4) is 0 Å². The number of hydrogen-bond acceptors (Lipinski definition) is 9. The molecule has 3 heterocycles. The Morgan fingerprint density at radius 2 is 1.97 bits per heavy atom. The molecule has 0 spiro atoms. The normalized spacial score (nSPS) is 10.6. The van der Waals surface area contributed by atoms with E-state index in [1.807, 2.05) is 23.6 Å². The van der Waals surface area contributed by atoms with Crippen LogP contribution in [0, 0.1) is 0 Å². The summed E-state index contributed by atoms with van der Waals surface area (Å²) in [6, 6.07) is 10.7. The van der Waals surface area contributed by atoms with Crippen molar-refractivity contribution in [3.05, 3.63) is 51.0 Å². The highest BCUT2D eigenvalue weighted by Gasteiger charge is 2.17. The fourth-order valence-electron chi connectivity index (χ4n) is 2.57. The number of hydrogen-bond donors (Lipinski definition) is 3. The third-order valence-corrected chi connectivity index (χ3v) is 7.17. The van der Waals surface area contributed by atoms with Gasteiger partial charge in [-0.15, -0.1) is 22.7 Å². The van der Waals surface area contributed by atoms with Gasteiger partial charge < -0.3 is 15.8 Å². The standard InChI is InChI=1S/C19H14ClN5O3S3/c1-28-19(27)25-18-24-15(21)14(31-18)17-23-11(8-29-17)9-3-2-4-10(7-9)22-16(26)12-5-6-13(20)30-12/h2-8H,21H2,1H3,(H,22,26)(H,24,25,27). The minimum atomic E-state index is -0.621. The summed E-state index contributed by atoms with van der Waals surface area (Å²) in [5.74, 6) is 0.0454. The van der Waals surface area contributed by atoms with Gasteiger partial charge in [-0.25, -0.2) is 14.8 Å². The molecule has 158 valence electrons. The van der Waals surface area contributed by atoms with Crippen molar-refractivity contribution in [2.45, 2.75) is 0 Å². The largest absolute Gasteiger partial charge is 0.453 e. The van der Waals surface area contributed by atoms with Gasteiger partial charge in [0.15, 0.2) is 5.13 Å². The maximum absolute atomic E-state index is 12.4. The average Bonchev–Trinajstić information content (AvgIpc) is 3.48. The smallest absolute Gasteiger partial charge is 0.413 e. The molecule has 0 aliphatic heterocycles. The van der Waals surface area contributed by atoms with Crippen molar-refractivity contribution in [3.63, 3.8) is 0 Å². The first-order valence-electron chi connectivity index (χ1n) is 8.67. The molecular weight excluding hydrogens is 478 g/mol. The van der Waals surface area contributed by atoms with Crippen molar-refractivity contribution in [1.29, 1.82) is 0 Å². The zero-order chi connectivity index (χ0) is 22.0. The fourth-order valence-corrected chi connectivity index (χ4v) is 5.31. The molecule has 0 aliphatic rings. The number of carbonyl (C=O) groups is 2.